The number of ether oxygens (including phenoxy) is 3. The van der Waals surface area contributed by atoms with Gasteiger partial charge < -0.3 is 59.4 Å². The number of carbonyl (C=O) groups is 10. The third-order valence-electron chi connectivity index (χ3n) is 12.2. The normalized spacial score (nSPS) is 13.3. The first kappa shape index (κ1) is 58.9. The van der Waals surface area contributed by atoms with Gasteiger partial charge in [0.2, 0.25) is 41.1 Å². The van der Waals surface area contributed by atoms with Crippen molar-refractivity contribution in [3.8, 4) is 11.5 Å². The fourth-order valence-electron chi connectivity index (χ4n) is 8.32. The number of nitrogens with zero attached hydrogens (tertiary/aromatic N) is 7. The molecule has 7 rings (SSSR count). The largest absolute Gasteiger partial charge is 0.494 e. The fraction of sp³-hybridized carbons (Fsp3) is 0.346. The van der Waals surface area contributed by atoms with E-state index in [0.29, 0.717) is 39.3 Å². The predicted octanol–water partition coefficient (Wildman–Crippen LogP) is 2.32. The summed E-state index contributed by atoms with van der Waals surface area (Å²) in [7, 11) is 1.41. The number of imide groups is 1. The predicted molar refractivity (Wildman–Crippen MR) is 285 cm³/mol. The quantitative estimate of drug-likeness (QED) is 0.0196. The molecular weight excluding hydrogens is 1080 g/mol. The molecule has 29 heteroatoms. The number of amides is 8. The van der Waals surface area contributed by atoms with Crippen LogP contribution in [0.1, 0.15) is 105 Å². The van der Waals surface area contributed by atoms with Gasteiger partial charge in [-0.05, 0) is 50.5 Å². The standard InChI is InChI=1S/C52H56N12O16S/c1-7-30-43(79-26(4)56-30)48(73)60-51-59-33-20-28(45(53)70)22-35(77-18-11-19-78-50(75)25(3)55-47(72)32(12-15-40(68)69)58-37(65)24-64-38(66)13-14-39(64)67)41(33)62(51)16-9-10-17-63-42-34(76-6)21-29(46(54)71)23-36(42)81-52(63)61-49(74)44-31(8-2)57-27(5)80-44/h9-10,13-14,20-23,25,32H,7-8,11-12,15-19,24H2,1-6H3,(H2,53,70)(H2,54,71)(H,55,72)(H,58,65)(H,68,69)(H,59,60,73)/b10-9+,61-52?/t25-,32-/m0/s1. The van der Waals surface area contributed by atoms with E-state index in [1.165, 1.54) is 32.2 Å². The van der Waals surface area contributed by atoms with Crippen LogP contribution >= 0.6 is 11.3 Å². The molecule has 0 saturated heterocycles. The number of allylic oxidation sites excluding steroid dienone is 2. The van der Waals surface area contributed by atoms with E-state index in [0.717, 1.165) is 23.5 Å². The molecule has 0 unspecified atom stereocenters. The van der Waals surface area contributed by atoms with Crippen LogP contribution in [0, 0.1) is 13.8 Å². The molecule has 0 spiro atoms. The molecule has 0 radical (unpaired) electrons. The zero-order valence-electron chi connectivity index (χ0n) is 44.6. The first-order chi connectivity index (χ1) is 38.6. The third kappa shape index (κ3) is 13.9. The number of primary amides is 2. The van der Waals surface area contributed by atoms with Crippen LogP contribution in [0.3, 0.4) is 0 Å². The maximum atomic E-state index is 13.9. The molecular formula is C52H56N12O16S. The highest BCUT2D eigenvalue weighted by atomic mass is 32.1. The van der Waals surface area contributed by atoms with E-state index in [2.05, 4.69) is 35.9 Å². The number of oxazole rings is 2. The molecule has 1 aliphatic heterocycles. The fourth-order valence-corrected chi connectivity index (χ4v) is 9.41. The molecule has 5 heterocycles. The average molecular weight is 1140 g/mol. The minimum absolute atomic E-state index is 0.00915. The maximum absolute atomic E-state index is 13.9. The van der Waals surface area contributed by atoms with E-state index >= 15 is 0 Å². The van der Waals surface area contributed by atoms with Crippen molar-refractivity contribution in [3.05, 3.63) is 99.2 Å². The van der Waals surface area contributed by atoms with Crippen LogP contribution in [0.2, 0.25) is 0 Å². The number of hydrogen-bond donors (Lipinski definition) is 6. The minimum atomic E-state index is -1.47. The first-order valence-electron chi connectivity index (χ1n) is 25.1. The summed E-state index contributed by atoms with van der Waals surface area (Å²) >= 11 is 1.10. The Morgan fingerprint density at radius 1 is 0.815 bits per heavy atom. The lowest BCUT2D eigenvalue weighted by Crippen LogP contribution is -2.53. The molecule has 0 saturated carbocycles. The van der Waals surface area contributed by atoms with E-state index in [4.69, 9.17) is 34.5 Å². The number of imidazole rings is 1. The van der Waals surface area contributed by atoms with Crippen molar-refractivity contribution in [2.45, 2.75) is 91.9 Å². The number of benzene rings is 2. The molecule has 4 aromatic heterocycles. The van der Waals surface area contributed by atoms with Crippen LogP contribution in [0.25, 0.3) is 21.3 Å². The molecule has 8 N–H and O–H groups in total. The topological polar surface area (TPSA) is 397 Å². The summed E-state index contributed by atoms with van der Waals surface area (Å²) in [5.74, 6) is -7.69. The number of aryl methyl sites for hydroxylation is 4. The van der Waals surface area contributed by atoms with E-state index in [1.807, 2.05) is 6.92 Å². The van der Waals surface area contributed by atoms with Crippen molar-refractivity contribution in [2.24, 2.45) is 16.5 Å². The van der Waals surface area contributed by atoms with Crippen molar-refractivity contribution < 1.29 is 76.1 Å². The first-order valence-corrected chi connectivity index (χ1v) is 25.9. The zero-order chi connectivity index (χ0) is 58.8. The van der Waals surface area contributed by atoms with Crippen LogP contribution in [0.4, 0.5) is 5.95 Å². The van der Waals surface area contributed by atoms with Gasteiger partial charge in [0.15, 0.2) is 16.6 Å². The Morgan fingerprint density at radius 2 is 1.43 bits per heavy atom. The van der Waals surface area contributed by atoms with Gasteiger partial charge in [-0.3, -0.25) is 53.4 Å². The number of aliphatic carboxylic acids is 1. The zero-order valence-corrected chi connectivity index (χ0v) is 45.4. The van der Waals surface area contributed by atoms with E-state index in [9.17, 15) is 53.1 Å². The van der Waals surface area contributed by atoms with Crippen LogP contribution < -0.4 is 41.7 Å². The average Bonchev–Trinajstić information content (AvgIpc) is 4.36. The molecule has 2 atom stereocenters. The Kier molecular flexibility index (Phi) is 18.7. The monoisotopic (exact) mass is 1140 g/mol. The highest BCUT2D eigenvalue weighted by Gasteiger charge is 2.31. The van der Waals surface area contributed by atoms with Gasteiger partial charge in [0.1, 0.15) is 41.2 Å². The number of anilines is 1. The van der Waals surface area contributed by atoms with Crippen LogP contribution in [-0.2, 0) is 59.4 Å². The Labute approximate surface area is 463 Å². The summed E-state index contributed by atoms with van der Waals surface area (Å²) in [4.78, 5) is 145. The second kappa shape index (κ2) is 25.8. The summed E-state index contributed by atoms with van der Waals surface area (Å²) in [6.45, 7) is 7.01. The summed E-state index contributed by atoms with van der Waals surface area (Å²) < 4.78 is 32.4. The summed E-state index contributed by atoms with van der Waals surface area (Å²) in [5, 5.41) is 16.7. The van der Waals surface area contributed by atoms with Crippen LogP contribution in [0.15, 0.2) is 62.4 Å². The van der Waals surface area contributed by atoms with Gasteiger partial charge in [0, 0.05) is 63.1 Å². The van der Waals surface area contributed by atoms with Crippen molar-refractivity contribution in [1.82, 2.24) is 39.6 Å². The number of aromatic nitrogens is 5. The number of fused-ring (bicyclic) bond motifs is 2. The highest BCUT2D eigenvalue weighted by Crippen LogP contribution is 2.33. The molecule has 1 aliphatic rings. The maximum Gasteiger partial charge on any atom is 0.328 e. The number of esters is 1. The molecule has 2 aromatic carbocycles. The van der Waals surface area contributed by atoms with Gasteiger partial charge in [-0.25, -0.2) is 19.7 Å². The molecule has 0 bridgehead atoms. The summed E-state index contributed by atoms with van der Waals surface area (Å²) in [6, 6.07) is 3.04. The minimum Gasteiger partial charge on any atom is -0.494 e. The van der Waals surface area contributed by atoms with Gasteiger partial charge in [-0.1, -0.05) is 37.3 Å². The Balaban J connectivity index is 1.13. The number of nitrogens with one attached hydrogen (secondary N) is 3. The lowest BCUT2D eigenvalue weighted by atomic mass is 10.1. The van der Waals surface area contributed by atoms with Gasteiger partial charge >= 0.3 is 17.8 Å². The number of rotatable bonds is 26. The number of hydrogen-bond acceptors (Lipinski definition) is 19. The number of carboxylic acid groups (broad SMARTS) is 1. The Bertz CT molecular complexity index is 3640. The molecule has 0 fully saturated rings. The van der Waals surface area contributed by atoms with Crippen molar-refractivity contribution in [2.75, 3.05) is 32.2 Å². The molecule has 81 heavy (non-hydrogen) atoms. The third-order valence-corrected chi connectivity index (χ3v) is 13.2. The highest BCUT2D eigenvalue weighted by molar-refractivity contribution is 7.16. The lowest BCUT2D eigenvalue weighted by molar-refractivity contribution is -0.148. The van der Waals surface area contributed by atoms with Gasteiger partial charge in [0.05, 0.1) is 41.9 Å². The van der Waals surface area contributed by atoms with Crippen LogP contribution in [-0.4, -0.2) is 132 Å². The molecule has 426 valence electrons. The van der Waals surface area contributed by atoms with E-state index in [-0.39, 0.29) is 100 Å². The van der Waals surface area contributed by atoms with Crippen molar-refractivity contribution in [1.29, 1.82) is 0 Å². The number of nitrogens with two attached hydrogens (primary N) is 2. The number of methoxy groups -OCH3 is 1. The van der Waals surface area contributed by atoms with Gasteiger partial charge in [0.25, 0.3) is 17.7 Å². The summed E-state index contributed by atoms with van der Waals surface area (Å²) in [5.41, 5.74) is 13.3. The van der Waals surface area contributed by atoms with Crippen LogP contribution in [0.5, 0.6) is 11.5 Å². The molecule has 28 nitrogen and oxygen atoms in total. The second-order valence-corrected chi connectivity index (χ2v) is 19.0. The second-order valence-electron chi connectivity index (χ2n) is 18.0. The summed E-state index contributed by atoms with van der Waals surface area (Å²) in [6.07, 6.45) is 5.26. The van der Waals surface area contributed by atoms with E-state index < -0.39 is 90.7 Å². The van der Waals surface area contributed by atoms with Crippen molar-refractivity contribution in [3.63, 3.8) is 0 Å². The molecule has 6 aromatic rings. The van der Waals surface area contributed by atoms with E-state index in [1.54, 1.807) is 48.1 Å². The Hall–Kier alpha value is -9.80. The smallest absolute Gasteiger partial charge is 0.328 e. The molecule has 0 aliphatic carbocycles. The van der Waals surface area contributed by atoms with Crippen molar-refractivity contribution >= 4 is 97.7 Å². The number of thiazole rings is 1. The lowest BCUT2D eigenvalue weighted by Gasteiger charge is -2.21. The SMILES string of the molecule is CCc1nc(C)oc1C(=O)N=c1sc2cc(C(N)=O)cc(OC)c2n1C/C=C/Cn1c(NC(=O)c2oc(C)nc2CC)nc2cc(C(N)=O)cc(OCCCOC(=O)[C@H](C)NC(=O)[C@H](CCC(=O)O)NC(=O)CN3C(=O)C=CC3=O)c21. The number of carbonyl (C=O) groups excluding carboxylic acids is 9. The van der Waals surface area contributed by atoms with Gasteiger partial charge in [-0.2, -0.15) is 4.99 Å². The Morgan fingerprint density at radius 3 is 2.06 bits per heavy atom. The van der Waals surface area contributed by atoms with Gasteiger partial charge in [-0.15, -0.1) is 0 Å². The molecule has 8 amide bonds. The number of carboxylic acids is 1.